The van der Waals surface area contributed by atoms with E-state index in [-0.39, 0.29) is 17.9 Å². The normalized spacial score (nSPS) is 17.7. The number of hydrogen-bond donors (Lipinski definition) is 1. The Morgan fingerprint density at radius 2 is 2.36 bits per heavy atom. The van der Waals surface area contributed by atoms with Gasteiger partial charge >= 0.3 is 0 Å². The van der Waals surface area contributed by atoms with E-state index in [1.165, 1.54) is 0 Å². The van der Waals surface area contributed by atoms with E-state index in [0.29, 0.717) is 24.7 Å². The van der Waals surface area contributed by atoms with Crippen LogP contribution in [0, 0.1) is 25.2 Å². The Kier molecular flexibility index (Phi) is 5.05. The van der Waals surface area contributed by atoms with Crippen LogP contribution in [-0.4, -0.2) is 42.1 Å². The van der Waals surface area contributed by atoms with E-state index in [9.17, 15) is 4.79 Å². The van der Waals surface area contributed by atoms with Crippen molar-refractivity contribution in [2.24, 2.45) is 5.92 Å². The van der Waals surface area contributed by atoms with E-state index in [1.54, 1.807) is 24.1 Å². The SMILES string of the molecule is C#C[C@H](NC(=O)c1ccn(-c2cc(C)ccc2OC)n1)[C@H]1CCOC1. The average Bonchev–Trinajstić information content (AvgIpc) is 3.31. The number of ether oxygens (including phenoxy) is 2. The van der Waals surface area contributed by atoms with Crippen molar-refractivity contribution in [2.75, 3.05) is 20.3 Å². The molecule has 1 aromatic heterocycles. The van der Waals surface area contributed by atoms with Gasteiger partial charge in [-0.15, -0.1) is 6.42 Å². The van der Waals surface area contributed by atoms with Gasteiger partial charge in [-0.2, -0.15) is 5.10 Å². The summed E-state index contributed by atoms with van der Waals surface area (Å²) in [6.45, 7) is 3.24. The number of nitrogens with zero attached hydrogens (tertiary/aromatic N) is 2. The molecular weight excluding hydrogens is 318 g/mol. The second-order valence-corrected chi connectivity index (χ2v) is 6.06. The summed E-state index contributed by atoms with van der Waals surface area (Å²) < 4.78 is 12.3. The topological polar surface area (TPSA) is 65.4 Å². The number of carbonyl (C=O) groups excluding carboxylic acids is 1. The number of hydrogen-bond acceptors (Lipinski definition) is 4. The van der Waals surface area contributed by atoms with Gasteiger partial charge in [-0.1, -0.05) is 12.0 Å². The van der Waals surface area contributed by atoms with Crippen LogP contribution in [0.2, 0.25) is 0 Å². The van der Waals surface area contributed by atoms with Crippen LogP contribution in [0.1, 0.15) is 22.5 Å². The van der Waals surface area contributed by atoms with Crippen LogP contribution in [0.5, 0.6) is 5.75 Å². The summed E-state index contributed by atoms with van der Waals surface area (Å²) in [5.74, 6) is 3.18. The number of aromatic nitrogens is 2. The van der Waals surface area contributed by atoms with E-state index < -0.39 is 0 Å². The van der Waals surface area contributed by atoms with Crippen molar-refractivity contribution in [3.63, 3.8) is 0 Å². The Morgan fingerprint density at radius 3 is 3.04 bits per heavy atom. The lowest BCUT2D eigenvalue weighted by Crippen LogP contribution is -2.39. The van der Waals surface area contributed by atoms with Crippen molar-refractivity contribution in [3.05, 3.63) is 41.7 Å². The summed E-state index contributed by atoms with van der Waals surface area (Å²) in [6, 6.07) is 7.10. The first kappa shape index (κ1) is 17.1. The molecule has 1 amide bonds. The molecule has 0 unspecified atom stereocenters. The summed E-state index contributed by atoms with van der Waals surface area (Å²) >= 11 is 0. The van der Waals surface area contributed by atoms with E-state index >= 15 is 0 Å². The highest BCUT2D eigenvalue weighted by Gasteiger charge is 2.26. The lowest BCUT2D eigenvalue weighted by molar-refractivity contribution is 0.0926. The molecule has 2 atom stereocenters. The average molecular weight is 339 g/mol. The largest absolute Gasteiger partial charge is 0.494 e. The maximum atomic E-state index is 12.5. The van der Waals surface area contributed by atoms with Crippen molar-refractivity contribution in [2.45, 2.75) is 19.4 Å². The number of terminal acetylenes is 1. The number of aryl methyl sites for hydroxylation is 1. The Bertz CT molecular complexity index is 800. The maximum absolute atomic E-state index is 12.5. The van der Waals surface area contributed by atoms with Crippen LogP contribution in [0.4, 0.5) is 0 Å². The number of nitrogens with one attached hydrogen (secondary N) is 1. The van der Waals surface area contributed by atoms with Gasteiger partial charge in [0.1, 0.15) is 11.4 Å². The fourth-order valence-electron chi connectivity index (χ4n) is 2.88. The molecule has 0 saturated carbocycles. The maximum Gasteiger partial charge on any atom is 0.272 e. The third kappa shape index (κ3) is 3.67. The Morgan fingerprint density at radius 1 is 1.52 bits per heavy atom. The summed E-state index contributed by atoms with van der Waals surface area (Å²) in [5, 5.41) is 7.24. The highest BCUT2D eigenvalue weighted by Crippen LogP contribution is 2.23. The molecule has 0 radical (unpaired) electrons. The first-order valence-corrected chi connectivity index (χ1v) is 8.18. The summed E-state index contributed by atoms with van der Waals surface area (Å²) in [6.07, 6.45) is 8.15. The molecule has 1 aromatic carbocycles. The second-order valence-electron chi connectivity index (χ2n) is 6.06. The predicted octanol–water partition coefficient (Wildman–Crippen LogP) is 1.96. The predicted molar refractivity (Wildman–Crippen MR) is 93.9 cm³/mol. The molecule has 1 saturated heterocycles. The number of methoxy groups -OCH3 is 1. The highest BCUT2D eigenvalue weighted by atomic mass is 16.5. The van der Waals surface area contributed by atoms with Crippen LogP contribution >= 0.6 is 0 Å². The number of rotatable bonds is 5. The zero-order valence-electron chi connectivity index (χ0n) is 14.4. The van der Waals surface area contributed by atoms with E-state index in [0.717, 1.165) is 17.7 Å². The van der Waals surface area contributed by atoms with Crippen LogP contribution in [0.25, 0.3) is 5.69 Å². The fraction of sp³-hybridized carbons (Fsp3) is 0.368. The van der Waals surface area contributed by atoms with Crippen LogP contribution in [-0.2, 0) is 4.74 Å². The van der Waals surface area contributed by atoms with Crippen molar-refractivity contribution in [1.29, 1.82) is 0 Å². The van der Waals surface area contributed by atoms with E-state index in [4.69, 9.17) is 15.9 Å². The number of benzene rings is 1. The quantitative estimate of drug-likeness (QED) is 0.846. The minimum absolute atomic E-state index is 0.146. The van der Waals surface area contributed by atoms with Gasteiger partial charge in [0, 0.05) is 18.7 Å². The summed E-state index contributed by atoms with van der Waals surface area (Å²) in [4.78, 5) is 12.5. The Hall–Kier alpha value is -2.78. The molecule has 0 aliphatic carbocycles. The number of amides is 1. The molecule has 6 nitrogen and oxygen atoms in total. The van der Waals surface area contributed by atoms with Crippen molar-refractivity contribution in [3.8, 4) is 23.8 Å². The van der Waals surface area contributed by atoms with Gasteiger partial charge in [-0.05, 0) is 37.1 Å². The molecule has 1 aliphatic rings. The lowest BCUT2D eigenvalue weighted by Gasteiger charge is -2.17. The Balaban J connectivity index is 1.78. The van der Waals surface area contributed by atoms with Gasteiger partial charge in [-0.25, -0.2) is 4.68 Å². The molecule has 2 aromatic rings. The zero-order chi connectivity index (χ0) is 17.8. The standard InChI is InChI=1S/C19H21N3O3/c1-4-15(14-8-10-25-12-14)20-19(23)16-7-9-22(21-16)17-11-13(2)5-6-18(17)24-3/h1,5-7,9,11,14-15H,8,10,12H2,2-3H3,(H,20,23)/t14-,15-/m0/s1. The molecule has 3 rings (SSSR count). The molecule has 6 heteroatoms. The minimum Gasteiger partial charge on any atom is -0.494 e. The lowest BCUT2D eigenvalue weighted by atomic mass is 10.00. The third-order valence-electron chi connectivity index (χ3n) is 4.31. The highest BCUT2D eigenvalue weighted by molar-refractivity contribution is 5.92. The number of carbonyl (C=O) groups is 1. The molecule has 130 valence electrons. The summed E-state index contributed by atoms with van der Waals surface area (Å²) in [5.41, 5.74) is 2.16. The van der Waals surface area contributed by atoms with E-state index in [1.807, 2.05) is 25.1 Å². The first-order chi connectivity index (χ1) is 12.1. The van der Waals surface area contributed by atoms with Gasteiger partial charge in [0.05, 0.1) is 19.8 Å². The first-order valence-electron chi connectivity index (χ1n) is 8.18. The molecular formula is C19H21N3O3. The van der Waals surface area contributed by atoms with Crippen molar-refractivity contribution in [1.82, 2.24) is 15.1 Å². The monoisotopic (exact) mass is 339 g/mol. The molecule has 1 fully saturated rings. The van der Waals surface area contributed by atoms with Crippen molar-refractivity contribution < 1.29 is 14.3 Å². The fourth-order valence-corrected chi connectivity index (χ4v) is 2.88. The van der Waals surface area contributed by atoms with Crippen LogP contribution in [0.15, 0.2) is 30.5 Å². The zero-order valence-corrected chi connectivity index (χ0v) is 14.4. The molecule has 25 heavy (non-hydrogen) atoms. The van der Waals surface area contributed by atoms with Gasteiger partial charge in [0.15, 0.2) is 5.69 Å². The minimum atomic E-state index is -0.353. The molecule has 1 aliphatic heterocycles. The van der Waals surface area contributed by atoms with Crippen molar-refractivity contribution >= 4 is 5.91 Å². The Labute approximate surface area is 147 Å². The van der Waals surface area contributed by atoms with Crippen LogP contribution < -0.4 is 10.1 Å². The van der Waals surface area contributed by atoms with Gasteiger partial charge in [-0.3, -0.25) is 4.79 Å². The molecule has 1 N–H and O–H groups in total. The van der Waals surface area contributed by atoms with Gasteiger partial charge in [0.25, 0.3) is 5.91 Å². The summed E-state index contributed by atoms with van der Waals surface area (Å²) in [7, 11) is 1.60. The second kappa shape index (κ2) is 7.41. The van der Waals surface area contributed by atoms with Gasteiger partial charge < -0.3 is 14.8 Å². The third-order valence-corrected chi connectivity index (χ3v) is 4.31. The van der Waals surface area contributed by atoms with Crippen LogP contribution in [0.3, 0.4) is 0 Å². The molecule has 0 bridgehead atoms. The molecule has 0 spiro atoms. The van der Waals surface area contributed by atoms with Gasteiger partial charge in [0.2, 0.25) is 0 Å². The van der Waals surface area contributed by atoms with E-state index in [2.05, 4.69) is 16.3 Å². The molecule has 2 heterocycles. The smallest absolute Gasteiger partial charge is 0.272 e.